The molecule has 0 spiro atoms. The number of morpholine rings is 1. The maximum atomic E-state index is 12.3. The van der Waals surface area contributed by atoms with Crippen molar-refractivity contribution in [1.82, 2.24) is 10.2 Å². The summed E-state index contributed by atoms with van der Waals surface area (Å²) in [4.78, 5) is 27.3. The average molecular weight is 407 g/mol. The number of nitrogens with zero attached hydrogens (tertiary/aromatic N) is 1. The minimum atomic E-state index is -0.120. The first-order chi connectivity index (χ1) is 13.1. The lowest BCUT2D eigenvalue weighted by Crippen LogP contribution is -2.44. The van der Waals surface area contributed by atoms with Crippen LogP contribution in [0.5, 0.6) is 0 Å². The van der Waals surface area contributed by atoms with Gasteiger partial charge in [-0.25, -0.2) is 0 Å². The molecule has 0 aliphatic carbocycles. The van der Waals surface area contributed by atoms with Crippen LogP contribution in [0.1, 0.15) is 34.1 Å². The zero-order chi connectivity index (χ0) is 19.1. The first kappa shape index (κ1) is 20.0. The minimum Gasteiger partial charge on any atom is -0.379 e. The molecule has 0 unspecified atom stereocenters. The topological polar surface area (TPSA) is 58.6 Å². The van der Waals surface area contributed by atoms with E-state index in [4.69, 9.17) is 16.3 Å². The summed E-state index contributed by atoms with van der Waals surface area (Å²) in [6.45, 7) is 3.38. The van der Waals surface area contributed by atoms with Gasteiger partial charge >= 0.3 is 0 Å². The van der Waals surface area contributed by atoms with Crippen molar-refractivity contribution in [1.29, 1.82) is 0 Å². The summed E-state index contributed by atoms with van der Waals surface area (Å²) < 4.78 is 5.44. The highest BCUT2D eigenvalue weighted by molar-refractivity contribution is 7.12. The van der Waals surface area contributed by atoms with Crippen LogP contribution in [0.25, 0.3) is 0 Å². The van der Waals surface area contributed by atoms with Crippen LogP contribution >= 0.6 is 22.9 Å². The molecule has 27 heavy (non-hydrogen) atoms. The fourth-order valence-corrected chi connectivity index (χ4v) is 4.11. The van der Waals surface area contributed by atoms with Crippen LogP contribution in [-0.2, 0) is 9.53 Å². The van der Waals surface area contributed by atoms with Crippen LogP contribution in [0, 0.1) is 0 Å². The third-order valence-corrected chi connectivity index (χ3v) is 5.87. The van der Waals surface area contributed by atoms with Gasteiger partial charge in [0.05, 0.1) is 24.1 Å². The molecule has 0 bridgehead atoms. The molecular formula is C20H23ClN2O3S. The van der Waals surface area contributed by atoms with Gasteiger partial charge in [0.25, 0.3) is 0 Å². The van der Waals surface area contributed by atoms with Crippen LogP contribution in [0.4, 0.5) is 0 Å². The molecule has 5 nitrogen and oxygen atoms in total. The Morgan fingerprint density at radius 1 is 1.15 bits per heavy atom. The Labute approximate surface area is 168 Å². The molecule has 1 atom stereocenters. The highest BCUT2D eigenvalue weighted by Gasteiger charge is 2.25. The summed E-state index contributed by atoms with van der Waals surface area (Å²) in [6.07, 6.45) is 0.412. The predicted molar refractivity (Wildman–Crippen MR) is 107 cm³/mol. The number of hydrogen-bond donors (Lipinski definition) is 1. The Bertz CT molecular complexity index is 760. The lowest BCUT2D eigenvalue weighted by atomic mass is 10.0. The number of amides is 1. The summed E-state index contributed by atoms with van der Waals surface area (Å²) in [7, 11) is 0. The summed E-state index contributed by atoms with van der Waals surface area (Å²) >= 11 is 7.80. The van der Waals surface area contributed by atoms with E-state index in [0.29, 0.717) is 29.7 Å². The van der Waals surface area contributed by atoms with Gasteiger partial charge in [-0.15, -0.1) is 11.3 Å². The molecule has 2 aromatic rings. The van der Waals surface area contributed by atoms with E-state index in [1.165, 1.54) is 11.3 Å². The third-order valence-electron chi connectivity index (χ3n) is 4.62. The van der Waals surface area contributed by atoms with Gasteiger partial charge in [0, 0.05) is 37.5 Å². The zero-order valence-corrected chi connectivity index (χ0v) is 16.6. The zero-order valence-electron chi connectivity index (χ0n) is 15.0. The molecule has 1 aliphatic rings. The van der Waals surface area contributed by atoms with Gasteiger partial charge in [0.2, 0.25) is 5.91 Å². The van der Waals surface area contributed by atoms with Gasteiger partial charge in [-0.1, -0.05) is 35.9 Å². The molecule has 144 valence electrons. The van der Waals surface area contributed by atoms with E-state index in [9.17, 15) is 9.59 Å². The second kappa shape index (κ2) is 9.99. The van der Waals surface area contributed by atoms with Crippen molar-refractivity contribution in [2.75, 3.05) is 32.8 Å². The van der Waals surface area contributed by atoms with E-state index in [1.54, 1.807) is 6.07 Å². The fraction of sp³-hybridized carbons (Fsp3) is 0.400. The third kappa shape index (κ3) is 5.62. The number of benzene rings is 1. The number of rotatable bonds is 8. The van der Waals surface area contributed by atoms with E-state index in [1.807, 2.05) is 35.7 Å². The van der Waals surface area contributed by atoms with Crippen molar-refractivity contribution in [2.24, 2.45) is 0 Å². The number of Topliss-reactive ketones (excluding diaryl/α,β-unsaturated/α-hetero) is 1. The molecule has 3 rings (SSSR count). The Morgan fingerprint density at radius 2 is 1.93 bits per heavy atom. The first-order valence-corrected chi connectivity index (χ1v) is 10.3. The summed E-state index contributed by atoms with van der Waals surface area (Å²) in [6, 6.07) is 11.3. The molecule has 1 aromatic heterocycles. The number of halogens is 1. The molecule has 7 heteroatoms. The number of ether oxygens (including phenoxy) is 1. The van der Waals surface area contributed by atoms with E-state index in [2.05, 4.69) is 10.2 Å². The summed E-state index contributed by atoms with van der Waals surface area (Å²) in [5, 5.41) is 5.53. The number of thiophene rings is 1. The number of carbonyl (C=O) groups is 2. The number of carbonyl (C=O) groups excluding carboxylic acids is 2. The van der Waals surface area contributed by atoms with Crippen molar-refractivity contribution in [3.05, 3.63) is 57.2 Å². The molecule has 1 aromatic carbocycles. The summed E-state index contributed by atoms with van der Waals surface area (Å²) in [5.41, 5.74) is 0.996. The van der Waals surface area contributed by atoms with E-state index >= 15 is 0 Å². The Kier molecular flexibility index (Phi) is 7.41. The van der Waals surface area contributed by atoms with Crippen LogP contribution in [0.3, 0.4) is 0 Å². The number of hydrogen-bond acceptors (Lipinski definition) is 5. The Morgan fingerprint density at radius 3 is 2.63 bits per heavy atom. The highest BCUT2D eigenvalue weighted by atomic mass is 35.5. The second-order valence-electron chi connectivity index (χ2n) is 6.39. The molecule has 0 saturated carbocycles. The Hall–Kier alpha value is -1.73. The second-order valence-corrected chi connectivity index (χ2v) is 7.75. The van der Waals surface area contributed by atoms with Gasteiger partial charge in [-0.3, -0.25) is 14.5 Å². The smallest absolute Gasteiger partial charge is 0.220 e. The van der Waals surface area contributed by atoms with Gasteiger partial charge in [-0.05, 0) is 23.1 Å². The molecule has 1 N–H and O–H groups in total. The van der Waals surface area contributed by atoms with E-state index in [-0.39, 0.29) is 30.6 Å². The van der Waals surface area contributed by atoms with Crippen molar-refractivity contribution in [2.45, 2.75) is 18.9 Å². The molecule has 1 amide bonds. The van der Waals surface area contributed by atoms with Gasteiger partial charge < -0.3 is 10.1 Å². The molecule has 1 saturated heterocycles. The van der Waals surface area contributed by atoms with Crippen molar-refractivity contribution in [3.63, 3.8) is 0 Å². The highest BCUT2D eigenvalue weighted by Crippen LogP contribution is 2.27. The van der Waals surface area contributed by atoms with Crippen LogP contribution < -0.4 is 5.32 Å². The number of ketones is 1. The molecule has 1 fully saturated rings. The van der Waals surface area contributed by atoms with Crippen LogP contribution in [-0.4, -0.2) is 49.4 Å². The van der Waals surface area contributed by atoms with Crippen molar-refractivity contribution in [3.8, 4) is 0 Å². The molecule has 2 heterocycles. The largest absolute Gasteiger partial charge is 0.379 e. The molecular weight excluding hydrogens is 384 g/mol. The first-order valence-electron chi connectivity index (χ1n) is 9.05. The SMILES string of the molecule is O=C(CCC(=O)c1cccs1)NC[C@H](c1ccccc1Cl)N1CCOCC1. The normalized spacial score (nSPS) is 16.0. The number of nitrogens with one attached hydrogen (secondary N) is 1. The molecule has 0 radical (unpaired) electrons. The lowest BCUT2D eigenvalue weighted by molar-refractivity contribution is -0.121. The quantitative estimate of drug-likeness (QED) is 0.681. The Balaban J connectivity index is 1.58. The van der Waals surface area contributed by atoms with Crippen LogP contribution in [0.15, 0.2) is 41.8 Å². The maximum Gasteiger partial charge on any atom is 0.220 e. The minimum absolute atomic E-state index is 0.0102. The van der Waals surface area contributed by atoms with E-state index < -0.39 is 0 Å². The lowest BCUT2D eigenvalue weighted by Gasteiger charge is -2.35. The standard InChI is InChI=1S/C20H23ClN2O3S/c21-16-5-2-1-4-15(16)17(23-9-11-26-12-10-23)14-22-20(25)8-7-18(24)19-6-3-13-27-19/h1-6,13,17H,7-12,14H2,(H,22,25)/t17-/m1/s1. The maximum absolute atomic E-state index is 12.3. The van der Waals surface area contributed by atoms with Gasteiger partial charge in [0.15, 0.2) is 5.78 Å². The predicted octanol–water partition coefficient (Wildman–Crippen LogP) is 3.55. The van der Waals surface area contributed by atoms with Crippen LogP contribution in [0.2, 0.25) is 5.02 Å². The van der Waals surface area contributed by atoms with E-state index in [0.717, 1.165) is 18.7 Å². The average Bonchev–Trinajstić information content (AvgIpc) is 3.23. The van der Waals surface area contributed by atoms with Crippen molar-refractivity contribution < 1.29 is 14.3 Å². The van der Waals surface area contributed by atoms with Gasteiger partial charge in [-0.2, -0.15) is 0 Å². The summed E-state index contributed by atoms with van der Waals surface area (Å²) in [5.74, 6) is -0.110. The van der Waals surface area contributed by atoms with Gasteiger partial charge in [0.1, 0.15) is 0 Å². The monoisotopic (exact) mass is 406 g/mol. The fourth-order valence-electron chi connectivity index (χ4n) is 3.16. The van der Waals surface area contributed by atoms with Crippen molar-refractivity contribution >= 4 is 34.6 Å². The molecule has 1 aliphatic heterocycles.